The van der Waals surface area contributed by atoms with Crippen molar-refractivity contribution in [3.63, 3.8) is 0 Å². The summed E-state index contributed by atoms with van der Waals surface area (Å²) in [6.45, 7) is -0.0403. The zero-order valence-corrected chi connectivity index (χ0v) is 9.13. The summed E-state index contributed by atoms with van der Waals surface area (Å²) in [5.41, 5.74) is 1.46. The number of hydrogen-bond donors (Lipinski definition) is 1. The molecule has 1 aromatic rings. The van der Waals surface area contributed by atoms with Crippen molar-refractivity contribution in [1.82, 2.24) is 0 Å². The highest BCUT2D eigenvalue weighted by atomic mass is 19.3. The number of rotatable bonds is 2. The van der Waals surface area contributed by atoms with Crippen LogP contribution in [0.4, 0.5) is 8.78 Å². The average Bonchev–Trinajstić information content (AvgIpc) is 2.29. The molecule has 1 unspecified atom stereocenters. The van der Waals surface area contributed by atoms with Crippen LogP contribution in [-0.4, -0.2) is 11.0 Å². The van der Waals surface area contributed by atoms with Gasteiger partial charge >= 0.3 is 0 Å². The number of aliphatic hydroxyl groups is 1. The Morgan fingerprint density at radius 3 is 2.44 bits per heavy atom. The van der Waals surface area contributed by atoms with Gasteiger partial charge in [0.25, 0.3) is 5.92 Å². The summed E-state index contributed by atoms with van der Waals surface area (Å²) in [4.78, 5) is 0. The van der Waals surface area contributed by atoms with E-state index in [1.54, 1.807) is 24.3 Å². The lowest BCUT2D eigenvalue weighted by molar-refractivity contribution is -0.0547. The van der Waals surface area contributed by atoms with Crippen molar-refractivity contribution in [2.45, 2.75) is 44.1 Å². The lowest BCUT2D eigenvalue weighted by Crippen LogP contribution is -2.29. The first-order valence-electron chi connectivity index (χ1n) is 5.71. The van der Waals surface area contributed by atoms with E-state index in [2.05, 4.69) is 0 Å². The minimum Gasteiger partial charge on any atom is -0.392 e. The zero-order valence-electron chi connectivity index (χ0n) is 9.13. The first kappa shape index (κ1) is 11.5. The van der Waals surface area contributed by atoms with Crippen LogP contribution in [0, 0.1) is 0 Å². The fraction of sp³-hybridized carbons (Fsp3) is 0.538. The van der Waals surface area contributed by atoms with Crippen LogP contribution < -0.4 is 0 Å². The third-order valence-electron chi connectivity index (χ3n) is 3.33. The molecular formula is C13H16F2O. The molecule has 0 radical (unpaired) electrons. The van der Waals surface area contributed by atoms with Crippen LogP contribution in [0.2, 0.25) is 0 Å². The Labute approximate surface area is 94.1 Å². The molecule has 0 aromatic heterocycles. The van der Waals surface area contributed by atoms with Gasteiger partial charge in [-0.2, -0.15) is 0 Å². The molecule has 0 heterocycles. The van der Waals surface area contributed by atoms with E-state index in [4.69, 9.17) is 5.11 Å². The maximum absolute atomic E-state index is 13.7. The molecule has 1 atom stereocenters. The van der Waals surface area contributed by atoms with Gasteiger partial charge in [-0.1, -0.05) is 30.7 Å². The molecule has 0 saturated heterocycles. The van der Waals surface area contributed by atoms with Crippen molar-refractivity contribution in [1.29, 1.82) is 0 Å². The van der Waals surface area contributed by atoms with Crippen molar-refractivity contribution in [2.24, 2.45) is 0 Å². The number of aliphatic hydroxyl groups excluding tert-OH is 1. The van der Waals surface area contributed by atoms with E-state index in [0.717, 1.165) is 12.0 Å². The van der Waals surface area contributed by atoms with E-state index in [1.807, 2.05) is 0 Å². The van der Waals surface area contributed by atoms with Crippen LogP contribution in [0.5, 0.6) is 0 Å². The van der Waals surface area contributed by atoms with E-state index >= 15 is 0 Å². The molecule has 0 bridgehead atoms. The third kappa shape index (κ3) is 2.24. The largest absolute Gasteiger partial charge is 0.392 e. The number of alkyl halides is 2. The molecule has 0 aliphatic heterocycles. The number of halogens is 2. The van der Waals surface area contributed by atoms with Gasteiger partial charge in [-0.05, 0) is 24.0 Å². The monoisotopic (exact) mass is 226 g/mol. The van der Waals surface area contributed by atoms with Crippen LogP contribution in [0.1, 0.15) is 42.7 Å². The summed E-state index contributed by atoms with van der Waals surface area (Å²) >= 11 is 0. The Kier molecular flexibility index (Phi) is 3.24. The Morgan fingerprint density at radius 1 is 1.19 bits per heavy atom. The molecule has 1 nitrogen and oxygen atoms in total. The summed E-state index contributed by atoms with van der Waals surface area (Å²) in [5, 5.41) is 8.89. The molecular weight excluding hydrogens is 210 g/mol. The van der Waals surface area contributed by atoms with E-state index in [9.17, 15) is 8.78 Å². The molecule has 0 spiro atoms. The van der Waals surface area contributed by atoms with Crippen molar-refractivity contribution < 1.29 is 13.9 Å². The molecule has 1 fully saturated rings. The Hall–Kier alpha value is -0.960. The maximum atomic E-state index is 13.7. The second kappa shape index (κ2) is 4.50. The molecule has 1 aliphatic rings. The molecule has 88 valence electrons. The highest BCUT2D eigenvalue weighted by molar-refractivity contribution is 5.27. The SMILES string of the molecule is OCc1ccc(C2CCCCC2(F)F)cc1. The molecule has 16 heavy (non-hydrogen) atoms. The minimum atomic E-state index is -2.57. The summed E-state index contributed by atoms with van der Waals surface area (Å²) < 4.78 is 27.4. The third-order valence-corrected chi connectivity index (χ3v) is 3.33. The number of benzene rings is 1. The second-order valence-corrected chi connectivity index (χ2v) is 4.46. The minimum absolute atomic E-state index is 0.000577. The average molecular weight is 226 g/mol. The predicted molar refractivity (Wildman–Crippen MR) is 58.5 cm³/mol. The normalized spacial score (nSPS) is 24.3. The molecule has 2 rings (SSSR count). The molecule has 1 saturated carbocycles. The van der Waals surface area contributed by atoms with Crippen molar-refractivity contribution in [3.8, 4) is 0 Å². The van der Waals surface area contributed by atoms with Crippen LogP contribution in [0.25, 0.3) is 0 Å². The summed E-state index contributed by atoms with van der Waals surface area (Å²) in [6, 6.07) is 6.88. The van der Waals surface area contributed by atoms with Gasteiger partial charge < -0.3 is 5.11 Å². The van der Waals surface area contributed by atoms with E-state index in [1.165, 1.54) is 0 Å². The zero-order chi connectivity index (χ0) is 11.6. The molecule has 3 heteroatoms. The maximum Gasteiger partial charge on any atom is 0.254 e. The Balaban J connectivity index is 2.21. The van der Waals surface area contributed by atoms with Crippen LogP contribution in [0.3, 0.4) is 0 Å². The van der Waals surface area contributed by atoms with Gasteiger partial charge in [-0.25, -0.2) is 8.78 Å². The topological polar surface area (TPSA) is 20.2 Å². The molecule has 1 aromatic carbocycles. The lowest BCUT2D eigenvalue weighted by Gasteiger charge is -2.31. The van der Waals surface area contributed by atoms with Gasteiger partial charge in [0.2, 0.25) is 0 Å². The quantitative estimate of drug-likeness (QED) is 0.818. The Bertz CT molecular complexity index is 345. The van der Waals surface area contributed by atoms with Gasteiger partial charge in [0, 0.05) is 12.3 Å². The van der Waals surface area contributed by atoms with E-state index < -0.39 is 11.8 Å². The van der Waals surface area contributed by atoms with Crippen molar-refractivity contribution >= 4 is 0 Å². The molecule has 1 aliphatic carbocycles. The lowest BCUT2D eigenvalue weighted by atomic mass is 9.81. The van der Waals surface area contributed by atoms with E-state index in [0.29, 0.717) is 18.4 Å². The standard InChI is InChI=1S/C13H16F2O/c14-13(15)8-2-1-3-12(13)11-6-4-10(9-16)5-7-11/h4-7,12,16H,1-3,8-9H2. The fourth-order valence-corrected chi connectivity index (χ4v) is 2.36. The van der Waals surface area contributed by atoms with Crippen molar-refractivity contribution in [2.75, 3.05) is 0 Å². The fourth-order valence-electron chi connectivity index (χ4n) is 2.36. The molecule has 0 amide bonds. The summed E-state index contributed by atoms with van der Waals surface area (Å²) in [7, 11) is 0. The van der Waals surface area contributed by atoms with Crippen LogP contribution >= 0.6 is 0 Å². The van der Waals surface area contributed by atoms with Gasteiger partial charge in [0.1, 0.15) is 0 Å². The van der Waals surface area contributed by atoms with Gasteiger partial charge in [-0.15, -0.1) is 0 Å². The Morgan fingerprint density at radius 2 is 1.88 bits per heavy atom. The highest BCUT2D eigenvalue weighted by Crippen LogP contribution is 2.44. The smallest absolute Gasteiger partial charge is 0.254 e. The molecule has 1 N–H and O–H groups in total. The first-order valence-corrected chi connectivity index (χ1v) is 5.71. The van der Waals surface area contributed by atoms with Crippen LogP contribution in [-0.2, 0) is 6.61 Å². The van der Waals surface area contributed by atoms with Crippen molar-refractivity contribution in [3.05, 3.63) is 35.4 Å². The summed E-state index contributed by atoms with van der Waals surface area (Å²) in [6.07, 6.45) is 2.06. The van der Waals surface area contributed by atoms with Gasteiger partial charge in [0.15, 0.2) is 0 Å². The predicted octanol–water partition coefficient (Wildman–Crippen LogP) is 3.47. The van der Waals surface area contributed by atoms with Gasteiger partial charge in [0.05, 0.1) is 6.61 Å². The van der Waals surface area contributed by atoms with E-state index in [-0.39, 0.29) is 13.0 Å². The summed E-state index contributed by atoms with van der Waals surface area (Å²) in [5.74, 6) is -3.21. The van der Waals surface area contributed by atoms with Gasteiger partial charge in [-0.3, -0.25) is 0 Å². The number of hydrogen-bond acceptors (Lipinski definition) is 1. The highest BCUT2D eigenvalue weighted by Gasteiger charge is 2.41. The second-order valence-electron chi connectivity index (χ2n) is 4.46. The first-order chi connectivity index (χ1) is 7.63. The van der Waals surface area contributed by atoms with Crippen LogP contribution in [0.15, 0.2) is 24.3 Å².